The SMILES string of the molecule is COc1cc(C2=CC(c3ccccc3)=NC2)ccc1F. The van der Waals surface area contributed by atoms with Gasteiger partial charge in [-0.3, -0.25) is 4.99 Å². The van der Waals surface area contributed by atoms with Crippen LogP contribution in [0.4, 0.5) is 4.39 Å². The van der Waals surface area contributed by atoms with Crippen LogP contribution in [0.2, 0.25) is 0 Å². The van der Waals surface area contributed by atoms with Gasteiger partial charge in [-0.15, -0.1) is 0 Å². The molecular formula is C17H14FNO. The van der Waals surface area contributed by atoms with Crippen LogP contribution < -0.4 is 4.74 Å². The second kappa shape index (κ2) is 5.29. The second-order valence-electron chi connectivity index (χ2n) is 4.59. The predicted octanol–water partition coefficient (Wildman–Crippen LogP) is 3.72. The van der Waals surface area contributed by atoms with Gasteiger partial charge in [0.25, 0.3) is 0 Å². The number of allylic oxidation sites excluding steroid dienone is 1. The minimum absolute atomic E-state index is 0.261. The van der Waals surface area contributed by atoms with E-state index >= 15 is 0 Å². The smallest absolute Gasteiger partial charge is 0.165 e. The maximum Gasteiger partial charge on any atom is 0.165 e. The van der Waals surface area contributed by atoms with Gasteiger partial charge in [0.1, 0.15) is 0 Å². The molecule has 0 aromatic heterocycles. The van der Waals surface area contributed by atoms with Crippen LogP contribution in [0, 0.1) is 5.82 Å². The summed E-state index contributed by atoms with van der Waals surface area (Å²) < 4.78 is 18.4. The number of rotatable bonds is 3. The highest BCUT2D eigenvalue weighted by atomic mass is 19.1. The fourth-order valence-corrected chi connectivity index (χ4v) is 2.24. The number of halogens is 1. The third-order valence-corrected chi connectivity index (χ3v) is 3.32. The minimum Gasteiger partial charge on any atom is -0.494 e. The highest BCUT2D eigenvalue weighted by molar-refractivity contribution is 6.14. The van der Waals surface area contributed by atoms with Crippen LogP contribution in [0.5, 0.6) is 5.75 Å². The molecule has 1 aliphatic heterocycles. The van der Waals surface area contributed by atoms with E-state index in [0.717, 1.165) is 22.4 Å². The quantitative estimate of drug-likeness (QED) is 0.830. The van der Waals surface area contributed by atoms with Crippen LogP contribution in [0.1, 0.15) is 11.1 Å². The molecule has 0 saturated carbocycles. The van der Waals surface area contributed by atoms with Crippen molar-refractivity contribution in [3.05, 3.63) is 71.6 Å². The first-order chi connectivity index (χ1) is 9.78. The molecule has 2 aromatic rings. The monoisotopic (exact) mass is 267 g/mol. The summed E-state index contributed by atoms with van der Waals surface area (Å²) in [6, 6.07) is 14.9. The molecule has 0 N–H and O–H groups in total. The van der Waals surface area contributed by atoms with Crippen LogP contribution in [-0.4, -0.2) is 19.4 Å². The second-order valence-corrected chi connectivity index (χ2v) is 4.59. The van der Waals surface area contributed by atoms with Crippen molar-refractivity contribution < 1.29 is 9.13 Å². The van der Waals surface area contributed by atoms with Crippen molar-refractivity contribution in [2.75, 3.05) is 13.7 Å². The molecule has 0 bridgehead atoms. The Morgan fingerprint density at radius 1 is 1.05 bits per heavy atom. The van der Waals surface area contributed by atoms with Gasteiger partial charge < -0.3 is 4.74 Å². The summed E-state index contributed by atoms with van der Waals surface area (Å²) in [6.07, 6.45) is 2.04. The lowest BCUT2D eigenvalue weighted by Crippen LogP contribution is -1.93. The van der Waals surface area contributed by atoms with Crippen molar-refractivity contribution in [2.24, 2.45) is 4.99 Å². The van der Waals surface area contributed by atoms with Gasteiger partial charge in [0.2, 0.25) is 0 Å². The first-order valence-corrected chi connectivity index (χ1v) is 6.42. The molecule has 3 heteroatoms. The molecule has 1 aliphatic rings. The van der Waals surface area contributed by atoms with Gasteiger partial charge in [0.05, 0.1) is 19.4 Å². The molecular weight excluding hydrogens is 253 g/mol. The van der Waals surface area contributed by atoms with E-state index in [0.29, 0.717) is 6.54 Å². The average molecular weight is 267 g/mol. The van der Waals surface area contributed by atoms with Crippen LogP contribution in [0.25, 0.3) is 5.57 Å². The van der Waals surface area contributed by atoms with Crippen LogP contribution in [0.15, 0.2) is 59.6 Å². The normalized spacial score (nSPS) is 13.9. The van der Waals surface area contributed by atoms with Crippen molar-refractivity contribution >= 4 is 11.3 Å². The van der Waals surface area contributed by atoms with Gasteiger partial charge >= 0.3 is 0 Å². The zero-order chi connectivity index (χ0) is 13.9. The predicted molar refractivity (Wildman–Crippen MR) is 78.8 cm³/mol. The number of nitrogens with zero attached hydrogens (tertiary/aromatic N) is 1. The molecule has 0 spiro atoms. The van der Waals surface area contributed by atoms with Crippen molar-refractivity contribution in [1.29, 1.82) is 0 Å². The molecule has 0 amide bonds. The molecule has 100 valence electrons. The summed E-state index contributed by atoms with van der Waals surface area (Å²) in [5.74, 6) is -0.0874. The largest absolute Gasteiger partial charge is 0.494 e. The van der Waals surface area contributed by atoms with Crippen molar-refractivity contribution in [2.45, 2.75) is 0 Å². The first kappa shape index (κ1) is 12.6. The van der Waals surface area contributed by atoms with E-state index < -0.39 is 0 Å². The van der Waals surface area contributed by atoms with E-state index in [9.17, 15) is 4.39 Å². The van der Waals surface area contributed by atoms with E-state index in [1.165, 1.54) is 13.2 Å². The molecule has 0 aliphatic carbocycles. The van der Waals surface area contributed by atoms with Gasteiger partial charge in [-0.2, -0.15) is 0 Å². The topological polar surface area (TPSA) is 21.6 Å². The Balaban J connectivity index is 1.91. The van der Waals surface area contributed by atoms with Crippen LogP contribution in [0.3, 0.4) is 0 Å². The Kier molecular flexibility index (Phi) is 3.33. The third-order valence-electron chi connectivity index (χ3n) is 3.32. The van der Waals surface area contributed by atoms with Crippen molar-refractivity contribution in [3.8, 4) is 5.75 Å². The first-order valence-electron chi connectivity index (χ1n) is 6.42. The average Bonchev–Trinajstić information content (AvgIpc) is 2.98. The zero-order valence-corrected chi connectivity index (χ0v) is 11.1. The number of hydrogen-bond donors (Lipinski definition) is 0. The Hall–Kier alpha value is -2.42. The highest BCUT2D eigenvalue weighted by Gasteiger charge is 2.13. The maximum absolute atomic E-state index is 13.4. The van der Waals surface area contributed by atoms with E-state index in [4.69, 9.17) is 4.74 Å². The molecule has 0 unspecified atom stereocenters. The van der Waals surface area contributed by atoms with Gasteiger partial charge in [0, 0.05) is 0 Å². The lowest BCUT2D eigenvalue weighted by atomic mass is 10.0. The molecule has 2 nitrogen and oxygen atoms in total. The molecule has 0 saturated heterocycles. The lowest BCUT2D eigenvalue weighted by Gasteiger charge is -2.05. The van der Waals surface area contributed by atoms with Crippen molar-refractivity contribution in [3.63, 3.8) is 0 Å². The summed E-state index contributed by atoms with van der Waals surface area (Å²) in [5.41, 5.74) is 4.07. The fourth-order valence-electron chi connectivity index (χ4n) is 2.24. The molecule has 2 aromatic carbocycles. The minimum atomic E-state index is -0.348. The number of hydrogen-bond acceptors (Lipinski definition) is 2. The molecule has 0 atom stereocenters. The maximum atomic E-state index is 13.4. The number of aliphatic imine (C=N–C) groups is 1. The number of benzene rings is 2. The van der Waals surface area contributed by atoms with Crippen molar-refractivity contribution in [1.82, 2.24) is 0 Å². The molecule has 1 heterocycles. The highest BCUT2D eigenvalue weighted by Crippen LogP contribution is 2.26. The lowest BCUT2D eigenvalue weighted by molar-refractivity contribution is 0.386. The van der Waals surface area contributed by atoms with E-state index in [1.54, 1.807) is 12.1 Å². The fraction of sp³-hybridized carbons (Fsp3) is 0.118. The van der Waals surface area contributed by atoms with E-state index in [1.807, 2.05) is 36.4 Å². The summed E-state index contributed by atoms with van der Waals surface area (Å²) in [5, 5.41) is 0. The number of methoxy groups -OCH3 is 1. The van der Waals surface area contributed by atoms with E-state index in [2.05, 4.69) is 4.99 Å². The van der Waals surface area contributed by atoms with Crippen LogP contribution >= 0.6 is 0 Å². The molecule has 0 radical (unpaired) electrons. The Morgan fingerprint density at radius 3 is 2.60 bits per heavy atom. The standard InChI is InChI=1S/C17H14FNO/c1-20-17-10-13(7-8-15(17)18)14-9-16(19-11-14)12-5-3-2-4-6-12/h2-10H,11H2,1H3. The summed E-state index contributed by atoms with van der Waals surface area (Å²) in [6.45, 7) is 0.610. The Labute approximate surface area is 117 Å². The molecule has 0 fully saturated rings. The zero-order valence-electron chi connectivity index (χ0n) is 11.1. The van der Waals surface area contributed by atoms with Gasteiger partial charge in [-0.25, -0.2) is 4.39 Å². The van der Waals surface area contributed by atoms with Gasteiger partial charge in [0.15, 0.2) is 11.6 Å². The summed E-state index contributed by atoms with van der Waals surface area (Å²) >= 11 is 0. The summed E-state index contributed by atoms with van der Waals surface area (Å²) in [4.78, 5) is 4.53. The van der Waals surface area contributed by atoms with E-state index in [-0.39, 0.29) is 11.6 Å². The van der Waals surface area contributed by atoms with Gasteiger partial charge in [-0.1, -0.05) is 36.4 Å². The summed E-state index contributed by atoms with van der Waals surface area (Å²) in [7, 11) is 1.47. The number of ether oxygens (including phenoxy) is 1. The van der Waals surface area contributed by atoms with Gasteiger partial charge in [-0.05, 0) is 34.9 Å². The molecule has 3 rings (SSSR count). The Bertz CT molecular complexity index is 689. The third kappa shape index (κ3) is 2.35. The molecule has 20 heavy (non-hydrogen) atoms. The Morgan fingerprint density at radius 2 is 1.85 bits per heavy atom. The van der Waals surface area contributed by atoms with Crippen LogP contribution in [-0.2, 0) is 0 Å².